The highest BCUT2D eigenvalue weighted by atomic mass is 16.5. The van der Waals surface area contributed by atoms with Crippen molar-refractivity contribution in [2.24, 2.45) is 0 Å². The van der Waals surface area contributed by atoms with Gasteiger partial charge >= 0.3 is 6.03 Å². The van der Waals surface area contributed by atoms with Crippen LogP contribution in [0.4, 0.5) is 16.2 Å². The van der Waals surface area contributed by atoms with E-state index in [9.17, 15) is 4.79 Å². The molecule has 8 nitrogen and oxygen atoms in total. The molecule has 0 saturated heterocycles. The molecule has 0 aliphatic carbocycles. The van der Waals surface area contributed by atoms with E-state index in [0.717, 1.165) is 0 Å². The third-order valence-corrected chi connectivity index (χ3v) is 3.16. The third kappa shape index (κ3) is 3.00. The minimum atomic E-state index is -0.426. The smallest absolute Gasteiger partial charge is 0.323 e. The van der Waals surface area contributed by atoms with Crippen molar-refractivity contribution in [2.75, 3.05) is 24.9 Å². The third-order valence-electron chi connectivity index (χ3n) is 3.16. The molecular weight excluding hydrogens is 298 g/mol. The Morgan fingerprint density at radius 1 is 1.17 bits per heavy atom. The van der Waals surface area contributed by atoms with Crippen molar-refractivity contribution < 1.29 is 14.3 Å². The molecule has 2 N–H and O–H groups in total. The first kappa shape index (κ1) is 14.6. The van der Waals surface area contributed by atoms with Gasteiger partial charge in [-0.2, -0.15) is 5.10 Å². The molecule has 0 spiro atoms. The van der Waals surface area contributed by atoms with E-state index in [0.29, 0.717) is 28.5 Å². The van der Waals surface area contributed by atoms with Crippen molar-refractivity contribution in [1.82, 2.24) is 14.6 Å². The summed E-state index contributed by atoms with van der Waals surface area (Å²) in [6.07, 6.45) is 4.86. The molecule has 0 bridgehead atoms. The number of methoxy groups -OCH3 is 2. The molecule has 0 radical (unpaired) electrons. The van der Waals surface area contributed by atoms with Crippen molar-refractivity contribution in [2.45, 2.75) is 0 Å². The number of benzene rings is 1. The van der Waals surface area contributed by atoms with E-state index < -0.39 is 6.03 Å². The summed E-state index contributed by atoms with van der Waals surface area (Å²) >= 11 is 0. The second-order valence-corrected chi connectivity index (χ2v) is 4.60. The van der Waals surface area contributed by atoms with Gasteiger partial charge in [-0.05, 0) is 12.1 Å². The molecule has 118 valence electrons. The summed E-state index contributed by atoms with van der Waals surface area (Å²) in [6.45, 7) is 0. The van der Waals surface area contributed by atoms with Gasteiger partial charge in [0.05, 0.1) is 44.2 Å². The number of aromatic nitrogens is 3. The summed E-state index contributed by atoms with van der Waals surface area (Å²) in [7, 11) is 3.04. The number of nitrogens with zero attached hydrogens (tertiary/aromatic N) is 3. The first-order valence-electron chi connectivity index (χ1n) is 6.79. The summed E-state index contributed by atoms with van der Waals surface area (Å²) in [6, 6.07) is 6.57. The highest BCUT2D eigenvalue weighted by Gasteiger charge is 2.12. The Morgan fingerprint density at radius 2 is 2.04 bits per heavy atom. The number of rotatable bonds is 4. The number of anilines is 2. The number of carbonyl (C=O) groups excluding carboxylic acids is 1. The fraction of sp³-hybridized carbons (Fsp3) is 0.133. The molecule has 0 aliphatic rings. The summed E-state index contributed by atoms with van der Waals surface area (Å²) in [5.74, 6) is 0.982. The van der Waals surface area contributed by atoms with Crippen LogP contribution in [0.25, 0.3) is 5.65 Å². The van der Waals surface area contributed by atoms with Gasteiger partial charge in [0.15, 0.2) is 17.1 Å². The number of urea groups is 1. The highest BCUT2D eigenvalue weighted by Crippen LogP contribution is 2.34. The van der Waals surface area contributed by atoms with E-state index in [1.165, 1.54) is 14.2 Å². The van der Waals surface area contributed by atoms with Gasteiger partial charge < -0.3 is 20.1 Å². The Bertz CT molecular complexity index is 846. The number of ether oxygens (including phenoxy) is 2. The molecule has 0 atom stereocenters. The van der Waals surface area contributed by atoms with Gasteiger partial charge in [-0.15, -0.1) is 0 Å². The van der Waals surface area contributed by atoms with Gasteiger partial charge in [0.1, 0.15) is 0 Å². The number of fused-ring (bicyclic) bond motifs is 1. The summed E-state index contributed by atoms with van der Waals surface area (Å²) in [5, 5.41) is 9.47. The predicted molar refractivity (Wildman–Crippen MR) is 85.2 cm³/mol. The zero-order chi connectivity index (χ0) is 16.2. The first-order valence-corrected chi connectivity index (χ1v) is 6.79. The first-order chi connectivity index (χ1) is 11.2. The van der Waals surface area contributed by atoms with Crippen LogP contribution in [0.15, 0.2) is 42.9 Å². The van der Waals surface area contributed by atoms with Crippen LogP contribution in [0.1, 0.15) is 0 Å². The van der Waals surface area contributed by atoms with Crippen LogP contribution in [0.3, 0.4) is 0 Å². The molecule has 0 aliphatic heterocycles. The van der Waals surface area contributed by atoms with Gasteiger partial charge in [0.25, 0.3) is 0 Å². The zero-order valence-corrected chi connectivity index (χ0v) is 12.6. The van der Waals surface area contributed by atoms with Gasteiger partial charge in [-0.25, -0.2) is 14.3 Å². The molecule has 0 unspecified atom stereocenters. The van der Waals surface area contributed by atoms with E-state index in [1.807, 2.05) is 0 Å². The lowest BCUT2D eigenvalue weighted by Crippen LogP contribution is -2.20. The molecule has 0 saturated carbocycles. The van der Waals surface area contributed by atoms with Crippen molar-refractivity contribution in [3.8, 4) is 11.5 Å². The molecule has 3 aromatic rings. The van der Waals surface area contributed by atoms with E-state index in [2.05, 4.69) is 20.7 Å². The summed E-state index contributed by atoms with van der Waals surface area (Å²) in [4.78, 5) is 16.3. The Kier molecular flexibility index (Phi) is 3.96. The van der Waals surface area contributed by atoms with Crippen LogP contribution in [-0.4, -0.2) is 34.8 Å². The highest BCUT2D eigenvalue weighted by molar-refractivity contribution is 6.00. The minimum absolute atomic E-state index is 0.426. The summed E-state index contributed by atoms with van der Waals surface area (Å²) < 4.78 is 12.0. The second kappa shape index (κ2) is 6.22. The van der Waals surface area contributed by atoms with Crippen LogP contribution in [0.2, 0.25) is 0 Å². The average molecular weight is 313 g/mol. The van der Waals surface area contributed by atoms with Gasteiger partial charge in [0.2, 0.25) is 0 Å². The lowest BCUT2D eigenvalue weighted by molar-refractivity contribution is 0.262. The van der Waals surface area contributed by atoms with Crippen molar-refractivity contribution in [3.63, 3.8) is 0 Å². The molecule has 2 heterocycles. The zero-order valence-electron chi connectivity index (χ0n) is 12.6. The molecular formula is C15H15N5O3. The molecule has 1 aromatic carbocycles. The monoisotopic (exact) mass is 313 g/mol. The van der Waals surface area contributed by atoms with E-state index in [1.54, 1.807) is 47.4 Å². The largest absolute Gasteiger partial charge is 0.493 e. The quantitative estimate of drug-likeness (QED) is 0.772. The summed E-state index contributed by atoms with van der Waals surface area (Å²) in [5.41, 5.74) is 1.71. The maximum Gasteiger partial charge on any atom is 0.323 e. The number of nitrogens with one attached hydrogen (secondary N) is 2. The molecule has 2 amide bonds. The van der Waals surface area contributed by atoms with Crippen LogP contribution in [-0.2, 0) is 0 Å². The Hall–Kier alpha value is -3.29. The normalized spacial score (nSPS) is 10.3. The number of hydrogen-bond acceptors (Lipinski definition) is 5. The Labute approximate surface area is 132 Å². The molecule has 0 fully saturated rings. The lowest BCUT2D eigenvalue weighted by Gasteiger charge is -2.13. The number of amides is 2. The second-order valence-electron chi connectivity index (χ2n) is 4.60. The van der Waals surface area contributed by atoms with Crippen LogP contribution < -0.4 is 20.1 Å². The molecule has 8 heteroatoms. The van der Waals surface area contributed by atoms with Crippen LogP contribution in [0.5, 0.6) is 11.5 Å². The Morgan fingerprint density at radius 3 is 2.83 bits per heavy atom. The maximum absolute atomic E-state index is 12.1. The maximum atomic E-state index is 12.1. The van der Waals surface area contributed by atoms with E-state index >= 15 is 0 Å². The van der Waals surface area contributed by atoms with Crippen molar-refractivity contribution >= 4 is 23.1 Å². The number of hydrogen-bond donors (Lipinski definition) is 2. The lowest BCUT2D eigenvalue weighted by atomic mass is 10.2. The van der Waals surface area contributed by atoms with Crippen molar-refractivity contribution in [3.05, 3.63) is 42.9 Å². The van der Waals surface area contributed by atoms with E-state index in [-0.39, 0.29) is 0 Å². The van der Waals surface area contributed by atoms with Crippen molar-refractivity contribution in [1.29, 1.82) is 0 Å². The molecule has 2 aromatic heterocycles. The fourth-order valence-corrected chi connectivity index (χ4v) is 2.14. The van der Waals surface area contributed by atoms with Gasteiger partial charge in [-0.1, -0.05) is 6.07 Å². The SMILES string of the molecule is COc1cccc(NC(=O)Nc2cnc3ccnn3c2)c1OC. The molecule has 23 heavy (non-hydrogen) atoms. The topological polar surface area (TPSA) is 89.8 Å². The number of carbonyl (C=O) groups is 1. The average Bonchev–Trinajstić information content (AvgIpc) is 3.02. The fourth-order valence-electron chi connectivity index (χ4n) is 2.14. The number of para-hydroxylation sites is 1. The minimum Gasteiger partial charge on any atom is -0.493 e. The van der Waals surface area contributed by atoms with E-state index in [4.69, 9.17) is 9.47 Å². The predicted octanol–water partition coefficient (Wildman–Crippen LogP) is 2.39. The standard InChI is InChI=1S/C15H15N5O3/c1-22-12-5-3-4-11(14(12)23-2)19-15(21)18-10-8-16-13-6-7-17-20(13)9-10/h3-9H,1-2H3,(H2,18,19,21). The van der Waals surface area contributed by atoms with Crippen LogP contribution >= 0.6 is 0 Å². The van der Waals surface area contributed by atoms with Crippen LogP contribution in [0, 0.1) is 0 Å². The Balaban J connectivity index is 1.76. The molecule has 3 rings (SSSR count). The van der Waals surface area contributed by atoms with Gasteiger partial charge in [0, 0.05) is 6.07 Å². The van der Waals surface area contributed by atoms with Gasteiger partial charge in [-0.3, -0.25) is 0 Å².